The van der Waals surface area contributed by atoms with Crippen LogP contribution in [0.2, 0.25) is 0 Å². The first-order valence-corrected chi connectivity index (χ1v) is 4.34. The Kier molecular flexibility index (Phi) is 1.96. The second kappa shape index (κ2) is 3.00. The fourth-order valence-corrected chi connectivity index (χ4v) is 1.87. The Hall–Kier alpha value is -1.09. The molecule has 1 atom stereocenters. The molecule has 70 valence electrons. The van der Waals surface area contributed by atoms with Gasteiger partial charge in [-0.3, -0.25) is 0 Å². The van der Waals surface area contributed by atoms with Crippen LogP contribution < -0.4 is 10.5 Å². The Morgan fingerprint density at radius 3 is 3.00 bits per heavy atom. The minimum atomic E-state index is -0.270. The van der Waals surface area contributed by atoms with Crippen LogP contribution in [0.4, 0.5) is 4.39 Å². The second-order valence-corrected chi connectivity index (χ2v) is 3.32. The topological polar surface area (TPSA) is 35.2 Å². The molecule has 0 spiro atoms. The number of benzene rings is 1. The monoisotopic (exact) mass is 181 g/mol. The number of fused-ring (bicyclic) bond motifs is 1. The molecule has 0 saturated carbocycles. The van der Waals surface area contributed by atoms with Crippen molar-refractivity contribution in [2.45, 2.75) is 18.9 Å². The van der Waals surface area contributed by atoms with E-state index in [1.807, 2.05) is 0 Å². The third kappa shape index (κ3) is 1.29. The smallest absolute Gasteiger partial charge is 0.127 e. The van der Waals surface area contributed by atoms with Crippen molar-refractivity contribution < 1.29 is 9.13 Å². The predicted molar refractivity (Wildman–Crippen MR) is 48.2 cm³/mol. The summed E-state index contributed by atoms with van der Waals surface area (Å²) in [6, 6.07) is 2.89. The van der Waals surface area contributed by atoms with Crippen LogP contribution >= 0.6 is 0 Å². The van der Waals surface area contributed by atoms with Gasteiger partial charge in [-0.25, -0.2) is 4.39 Å². The summed E-state index contributed by atoms with van der Waals surface area (Å²) in [7, 11) is 1.55. The lowest BCUT2D eigenvalue weighted by Crippen LogP contribution is -2.05. The van der Waals surface area contributed by atoms with Crippen LogP contribution in [0.5, 0.6) is 5.75 Å². The molecule has 2 rings (SSSR count). The minimum absolute atomic E-state index is 0.0281. The molecular weight excluding hydrogens is 169 g/mol. The quantitative estimate of drug-likeness (QED) is 0.716. The Balaban J connectivity index is 2.56. The Morgan fingerprint density at radius 1 is 1.54 bits per heavy atom. The van der Waals surface area contributed by atoms with Gasteiger partial charge < -0.3 is 10.5 Å². The summed E-state index contributed by atoms with van der Waals surface area (Å²) in [6.07, 6.45) is 1.77. The molecule has 0 heterocycles. The van der Waals surface area contributed by atoms with Gasteiger partial charge in [-0.2, -0.15) is 0 Å². The number of hydrogen-bond acceptors (Lipinski definition) is 2. The van der Waals surface area contributed by atoms with Crippen molar-refractivity contribution in [3.63, 3.8) is 0 Å². The summed E-state index contributed by atoms with van der Waals surface area (Å²) in [5, 5.41) is 0. The average molecular weight is 181 g/mol. The lowest BCUT2D eigenvalue weighted by Gasteiger charge is -2.08. The van der Waals surface area contributed by atoms with Gasteiger partial charge in [-0.05, 0) is 30.0 Å². The molecule has 0 saturated heterocycles. The summed E-state index contributed by atoms with van der Waals surface area (Å²) in [4.78, 5) is 0. The molecule has 2 nitrogen and oxygen atoms in total. The number of nitrogens with two attached hydrogens (primary N) is 1. The SMILES string of the molecule is COc1cc(F)cc2c1CC[C@@H]2N. The predicted octanol–water partition coefficient (Wildman–Crippen LogP) is 1.78. The molecule has 1 aliphatic carbocycles. The fraction of sp³-hybridized carbons (Fsp3) is 0.400. The highest BCUT2D eigenvalue weighted by atomic mass is 19.1. The van der Waals surface area contributed by atoms with E-state index in [2.05, 4.69) is 0 Å². The maximum absolute atomic E-state index is 13.0. The van der Waals surface area contributed by atoms with Crippen LogP contribution in [0.1, 0.15) is 23.6 Å². The first-order chi connectivity index (χ1) is 6.22. The molecule has 0 amide bonds. The van der Waals surface area contributed by atoms with Crippen molar-refractivity contribution in [2.75, 3.05) is 7.11 Å². The molecule has 1 aromatic rings. The molecule has 0 unspecified atom stereocenters. The van der Waals surface area contributed by atoms with E-state index in [0.29, 0.717) is 5.75 Å². The lowest BCUT2D eigenvalue weighted by atomic mass is 10.1. The number of halogens is 1. The summed E-state index contributed by atoms with van der Waals surface area (Å²) >= 11 is 0. The third-order valence-corrected chi connectivity index (χ3v) is 2.53. The van der Waals surface area contributed by atoms with E-state index in [1.165, 1.54) is 12.1 Å². The Bertz CT molecular complexity index is 338. The van der Waals surface area contributed by atoms with Crippen LogP contribution in [0.25, 0.3) is 0 Å². The lowest BCUT2D eigenvalue weighted by molar-refractivity contribution is 0.407. The van der Waals surface area contributed by atoms with E-state index in [-0.39, 0.29) is 11.9 Å². The van der Waals surface area contributed by atoms with E-state index >= 15 is 0 Å². The molecule has 3 heteroatoms. The van der Waals surface area contributed by atoms with Crippen LogP contribution in [-0.2, 0) is 6.42 Å². The van der Waals surface area contributed by atoms with E-state index in [9.17, 15) is 4.39 Å². The molecular formula is C10H12FNO. The maximum Gasteiger partial charge on any atom is 0.127 e. The van der Waals surface area contributed by atoms with Gasteiger partial charge in [0.1, 0.15) is 11.6 Å². The van der Waals surface area contributed by atoms with Crippen molar-refractivity contribution >= 4 is 0 Å². The van der Waals surface area contributed by atoms with E-state index in [4.69, 9.17) is 10.5 Å². The molecule has 1 aromatic carbocycles. The molecule has 0 bridgehead atoms. The standard InChI is InChI=1S/C10H12FNO/c1-13-10-5-6(11)4-8-7(10)2-3-9(8)12/h4-5,9H,2-3,12H2,1H3/t9-/m0/s1. The summed E-state index contributed by atoms with van der Waals surface area (Å²) in [5.74, 6) is 0.357. The van der Waals surface area contributed by atoms with Gasteiger partial charge in [0, 0.05) is 12.1 Å². The molecule has 13 heavy (non-hydrogen) atoms. The van der Waals surface area contributed by atoms with Crippen molar-refractivity contribution in [2.24, 2.45) is 5.73 Å². The summed E-state index contributed by atoms with van der Waals surface area (Å²) < 4.78 is 18.1. The molecule has 2 N–H and O–H groups in total. The van der Waals surface area contributed by atoms with Crippen molar-refractivity contribution in [3.05, 3.63) is 29.1 Å². The Labute approximate surface area is 76.5 Å². The third-order valence-electron chi connectivity index (χ3n) is 2.53. The highest BCUT2D eigenvalue weighted by molar-refractivity contribution is 5.45. The zero-order valence-corrected chi connectivity index (χ0v) is 7.51. The molecule has 0 aliphatic heterocycles. The largest absolute Gasteiger partial charge is 0.496 e. The van der Waals surface area contributed by atoms with Gasteiger partial charge in [-0.1, -0.05) is 0 Å². The zero-order chi connectivity index (χ0) is 9.42. The highest BCUT2D eigenvalue weighted by Crippen LogP contribution is 2.36. The van der Waals surface area contributed by atoms with Gasteiger partial charge in [-0.15, -0.1) is 0 Å². The van der Waals surface area contributed by atoms with E-state index in [1.54, 1.807) is 7.11 Å². The molecule has 0 fully saturated rings. The summed E-state index contributed by atoms with van der Waals surface area (Å²) in [5.41, 5.74) is 7.78. The molecule has 0 aromatic heterocycles. The zero-order valence-electron chi connectivity index (χ0n) is 7.51. The van der Waals surface area contributed by atoms with Gasteiger partial charge in [0.05, 0.1) is 7.11 Å². The van der Waals surface area contributed by atoms with Crippen molar-refractivity contribution in [1.29, 1.82) is 0 Å². The van der Waals surface area contributed by atoms with E-state index < -0.39 is 0 Å². The minimum Gasteiger partial charge on any atom is -0.496 e. The average Bonchev–Trinajstić information content (AvgIpc) is 2.47. The van der Waals surface area contributed by atoms with Crippen molar-refractivity contribution in [1.82, 2.24) is 0 Å². The molecule has 1 aliphatic rings. The van der Waals surface area contributed by atoms with Crippen molar-refractivity contribution in [3.8, 4) is 5.75 Å². The second-order valence-electron chi connectivity index (χ2n) is 3.32. The first kappa shape index (κ1) is 8.51. The highest BCUT2D eigenvalue weighted by Gasteiger charge is 2.23. The van der Waals surface area contributed by atoms with Crippen LogP contribution in [0.3, 0.4) is 0 Å². The number of ether oxygens (including phenoxy) is 1. The van der Waals surface area contributed by atoms with E-state index in [0.717, 1.165) is 24.0 Å². The van der Waals surface area contributed by atoms with Crippen LogP contribution in [0.15, 0.2) is 12.1 Å². The van der Waals surface area contributed by atoms with Gasteiger partial charge in [0.15, 0.2) is 0 Å². The number of methoxy groups -OCH3 is 1. The first-order valence-electron chi connectivity index (χ1n) is 4.34. The van der Waals surface area contributed by atoms with Gasteiger partial charge in [0.25, 0.3) is 0 Å². The maximum atomic E-state index is 13.0. The number of hydrogen-bond donors (Lipinski definition) is 1. The van der Waals surface area contributed by atoms with Gasteiger partial charge in [0.2, 0.25) is 0 Å². The normalized spacial score (nSPS) is 20.1. The summed E-state index contributed by atoms with van der Waals surface area (Å²) in [6.45, 7) is 0. The van der Waals surface area contributed by atoms with Crippen LogP contribution in [0, 0.1) is 5.82 Å². The van der Waals surface area contributed by atoms with Crippen LogP contribution in [-0.4, -0.2) is 7.11 Å². The van der Waals surface area contributed by atoms with Gasteiger partial charge >= 0.3 is 0 Å². The number of rotatable bonds is 1. The Morgan fingerprint density at radius 2 is 2.31 bits per heavy atom. The molecule has 0 radical (unpaired) electrons. The fourth-order valence-electron chi connectivity index (χ4n) is 1.87.